The molecule has 8 heteroatoms. The Balaban J connectivity index is 2.04. The molecule has 1 aliphatic rings. The summed E-state index contributed by atoms with van der Waals surface area (Å²) < 4.78 is 30.4. The van der Waals surface area contributed by atoms with Crippen molar-refractivity contribution in [2.75, 3.05) is 13.1 Å². The molecule has 2 N–H and O–H groups in total. The summed E-state index contributed by atoms with van der Waals surface area (Å²) in [5, 5.41) is 3.12. The lowest BCUT2D eigenvalue weighted by Crippen LogP contribution is -2.36. The number of fused-ring (bicyclic) bond motifs is 1. The highest BCUT2D eigenvalue weighted by Gasteiger charge is 2.23. The van der Waals surface area contributed by atoms with Crippen molar-refractivity contribution in [3.8, 4) is 0 Å². The van der Waals surface area contributed by atoms with Crippen LogP contribution in [-0.4, -0.2) is 36.7 Å². The monoisotopic (exact) mass is 310 g/mol. The van der Waals surface area contributed by atoms with Crippen molar-refractivity contribution in [3.05, 3.63) is 28.7 Å². The second-order valence-electron chi connectivity index (χ2n) is 5.36. The summed E-state index contributed by atoms with van der Waals surface area (Å²) in [7, 11) is -0.268. The molecule has 0 amide bonds. The van der Waals surface area contributed by atoms with E-state index in [2.05, 4.69) is 10.0 Å². The molecule has 1 unspecified atom stereocenters. The molecular formula is C13H18N4O3S. The Bertz CT molecular complexity index is 844. The topological polar surface area (TPSA) is 85.1 Å². The zero-order chi connectivity index (χ0) is 15.2. The fourth-order valence-electron chi connectivity index (χ4n) is 2.70. The molecule has 2 aromatic rings. The van der Waals surface area contributed by atoms with Crippen LogP contribution in [0.5, 0.6) is 0 Å². The number of imidazole rings is 1. The normalized spacial score (nSPS) is 19.4. The van der Waals surface area contributed by atoms with Gasteiger partial charge in [0.15, 0.2) is 0 Å². The Kier molecular flexibility index (Phi) is 3.39. The molecule has 0 radical (unpaired) electrons. The molecule has 1 aromatic carbocycles. The van der Waals surface area contributed by atoms with E-state index in [0.29, 0.717) is 17.6 Å². The zero-order valence-corrected chi connectivity index (χ0v) is 12.8. The maximum atomic E-state index is 12.4. The van der Waals surface area contributed by atoms with Crippen molar-refractivity contribution in [1.82, 2.24) is 19.2 Å². The molecule has 114 valence electrons. The van der Waals surface area contributed by atoms with E-state index in [0.717, 1.165) is 13.0 Å². The van der Waals surface area contributed by atoms with Gasteiger partial charge in [-0.05, 0) is 31.2 Å². The van der Waals surface area contributed by atoms with Crippen LogP contribution >= 0.6 is 0 Å². The van der Waals surface area contributed by atoms with E-state index in [1.54, 1.807) is 26.2 Å². The minimum atomic E-state index is -3.57. The van der Waals surface area contributed by atoms with E-state index >= 15 is 0 Å². The summed E-state index contributed by atoms with van der Waals surface area (Å²) in [5.41, 5.74) is 1.14. The lowest BCUT2D eigenvalue weighted by molar-refractivity contribution is 0.560. The maximum absolute atomic E-state index is 12.4. The molecule has 1 atom stereocenters. The van der Waals surface area contributed by atoms with Gasteiger partial charge in [-0.25, -0.2) is 17.9 Å². The Hall–Kier alpha value is -1.64. The maximum Gasteiger partial charge on any atom is 0.328 e. The van der Waals surface area contributed by atoms with Gasteiger partial charge in [0.25, 0.3) is 0 Å². The summed E-state index contributed by atoms with van der Waals surface area (Å²) in [6.07, 6.45) is 0.783. The van der Waals surface area contributed by atoms with Crippen molar-refractivity contribution in [3.63, 3.8) is 0 Å². The van der Waals surface area contributed by atoms with E-state index in [1.807, 2.05) is 0 Å². The van der Waals surface area contributed by atoms with Crippen LogP contribution in [0, 0.1) is 0 Å². The quantitative estimate of drug-likeness (QED) is 0.802. The lowest BCUT2D eigenvalue weighted by Gasteiger charge is -2.12. The van der Waals surface area contributed by atoms with Gasteiger partial charge in [0.2, 0.25) is 10.0 Å². The summed E-state index contributed by atoms with van der Waals surface area (Å²) in [6, 6.07) is 4.66. The number of aromatic nitrogens is 2. The van der Waals surface area contributed by atoms with Crippen LogP contribution in [0.2, 0.25) is 0 Å². The van der Waals surface area contributed by atoms with Crippen molar-refractivity contribution in [1.29, 1.82) is 0 Å². The zero-order valence-electron chi connectivity index (χ0n) is 12.0. The smallest absolute Gasteiger partial charge is 0.315 e. The van der Waals surface area contributed by atoms with Gasteiger partial charge in [-0.3, -0.25) is 9.13 Å². The molecule has 1 fully saturated rings. The number of aryl methyl sites for hydroxylation is 2. The third-order valence-corrected chi connectivity index (χ3v) is 5.45. The first-order valence-corrected chi connectivity index (χ1v) is 8.27. The Morgan fingerprint density at radius 2 is 1.95 bits per heavy atom. The Morgan fingerprint density at radius 3 is 2.62 bits per heavy atom. The molecule has 21 heavy (non-hydrogen) atoms. The van der Waals surface area contributed by atoms with E-state index in [9.17, 15) is 13.2 Å². The minimum Gasteiger partial charge on any atom is -0.315 e. The standard InChI is InChI=1S/C13H18N4O3S/c1-16-11-4-3-10(7-12(11)17(2)13(16)18)21(19,20)15-9-5-6-14-8-9/h3-4,7,9,14-15H,5-6,8H2,1-2H3. The molecule has 0 saturated carbocycles. The molecule has 3 rings (SSSR count). The van der Waals surface area contributed by atoms with E-state index in [-0.39, 0.29) is 16.6 Å². The number of sulfonamides is 1. The largest absolute Gasteiger partial charge is 0.328 e. The number of nitrogens with zero attached hydrogens (tertiary/aromatic N) is 2. The van der Waals surface area contributed by atoms with Crippen molar-refractivity contribution < 1.29 is 8.42 Å². The van der Waals surface area contributed by atoms with Crippen LogP contribution in [0.4, 0.5) is 0 Å². The summed E-state index contributed by atoms with van der Waals surface area (Å²) in [5.74, 6) is 0. The minimum absolute atomic E-state index is 0.0784. The van der Waals surface area contributed by atoms with Gasteiger partial charge >= 0.3 is 5.69 Å². The fourth-order valence-corrected chi connectivity index (χ4v) is 3.99. The molecule has 0 spiro atoms. The van der Waals surface area contributed by atoms with Crippen LogP contribution in [0.1, 0.15) is 6.42 Å². The summed E-state index contributed by atoms with van der Waals surface area (Å²) >= 11 is 0. The lowest BCUT2D eigenvalue weighted by atomic mass is 10.3. The van der Waals surface area contributed by atoms with E-state index in [4.69, 9.17) is 0 Å². The van der Waals surface area contributed by atoms with Gasteiger partial charge in [-0.2, -0.15) is 0 Å². The average molecular weight is 310 g/mol. The van der Waals surface area contributed by atoms with Gasteiger partial charge in [0.1, 0.15) is 0 Å². The molecule has 1 aliphatic heterocycles. The summed E-state index contributed by atoms with van der Waals surface area (Å²) in [4.78, 5) is 12.1. The fraction of sp³-hybridized carbons (Fsp3) is 0.462. The van der Waals surface area contributed by atoms with Crippen molar-refractivity contribution >= 4 is 21.1 Å². The molecule has 7 nitrogen and oxygen atoms in total. The summed E-state index contributed by atoms with van der Waals surface area (Å²) in [6.45, 7) is 1.46. The van der Waals surface area contributed by atoms with Crippen molar-refractivity contribution in [2.45, 2.75) is 17.4 Å². The highest BCUT2D eigenvalue weighted by atomic mass is 32.2. The molecule has 1 saturated heterocycles. The van der Waals surface area contributed by atoms with Gasteiger partial charge in [-0.15, -0.1) is 0 Å². The number of hydrogen-bond acceptors (Lipinski definition) is 4. The van der Waals surface area contributed by atoms with Crippen LogP contribution in [-0.2, 0) is 24.1 Å². The first kappa shape index (κ1) is 14.3. The van der Waals surface area contributed by atoms with Crippen molar-refractivity contribution in [2.24, 2.45) is 14.1 Å². The first-order chi connectivity index (χ1) is 9.90. The predicted molar refractivity (Wildman–Crippen MR) is 79.8 cm³/mol. The molecular weight excluding hydrogens is 292 g/mol. The first-order valence-electron chi connectivity index (χ1n) is 6.78. The van der Waals surface area contributed by atoms with E-state index < -0.39 is 10.0 Å². The van der Waals surface area contributed by atoms with Gasteiger partial charge in [-0.1, -0.05) is 0 Å². The molecule has 2 heterocycles. The highest BCUT2D eigenvalue weighted by Crippen LogP contribution is 2.18. The van der Waals surface area contributed by atoms with Crippen LogP contribution in [0.25, 0.3) is 11.0 Å². The van der Waals surface area contributed by atoms with Gasteiger partial charge in [0.05, 0.1) is 15.9 Å². The number of benzene rings is 1. The third-order valence-electron chi connectivity index (χ3n) is 3.94. The van der Waals surface area contributed by atoms with Gasteiger partial charge < -0.3 is 5.32 Å². The molecule has 0 aliphatic carbocycles. The van der Waals surface area contributed by atoms with Gasteiger partial charge in [0, 0.05) is 26.7 Å². The Labute approximate surface area is 122 Å². The second-order valence-corrected chi connectivity index (χ2v) is 7.08. The van der Waals surface area contributed by atoms with E-state index in [1.165, 1.54) is 15.2 Å². The highest BCUT2D eigenvalue weighted by molar-refractivity contribution is 7.89. The average Bonchev–Trinajstić information content (AvgIpc) is 3.02. The number of nitrogens with one attached hydrogen (secondary N) is 2. The van der Waals surface area contributed by atoms with Crippen LogP contribution < -0.4 is 15.7 Å². The van der Waals surface area contributed by atoms with Crippen LogP contribution in [0.15, 0.2) is 27.9 Å². The second kappa shape index (κ2) is 4.97. The number of hydrogen-bond donors (Lipinski definition) is 2. The number of rotatable bonds is 3. The Morgan fingerprint density at radius 1 is 1.24 bits per heavy atom. The third kappa shape index (κ3) is 2.39. The molecule has 1 aromatic heterocycles. The molecule has 0 bridgehead atoms. The predicted octanol–water partition coefficient (Wildman–Crippen LogP) is -0.483. The van der Waals surface area contributed by atoms with Crippen LogP contribution in [0.3, 0.4) is 0 Å². The SMILES string of the molecule is Cn1c(=O)n(C)c2cc(S(=O)(=O)NC3CCNC3)ccc21.